The van der Waals surface area contributed by atoms with E-state index in [-0.39, 0.29) is 18.0 Å². The van der Waals surface area contributed by atoms with Crippen LogP contribution in [0.1, 0.15) is 22.8 Å². The highest BCUT2D eigenvalue weighted by Crippen LogP contribution is 2.44. The maximum Gasteiger partial charge on any atom is 0.364 e. The first-order valence-corrected chi connectivity index (χ1v) is 16.3. The van der Waals surface area contributed by atoms with Crippen LogP contribution in [0.25, 0.3) is 11.1 Å². The van der Waals surface area contributed by atoms with Crippen molar-refractivity contribution in [1.29, 1.82) is 0 Å². The molecule has 0 bridgehead atoms. The van der Waals surface area contributed by atoms with Gasteiger partial charge in [0, 0.05) is 10.8 Å². The molecule has 8 nitrogen and oxygen atoms in total. The minimum absolute atomic E-state index is 0.0995. The molecule has 1 aromatic heterocycles. The summed E-state index contributed by atoms with van der Waals surface area (Å²) in [6, 6.07) is 34.4. The Labute approximate surface area is 267 Å². The van der Waals surface area contributed by atoms with Gasteiger partial charge in [-0.05, 0) is 28.8 Å². The third-order valence-electron chi connectivity index (χ3n) is 7.09. The zero-order valence-corrected chi connectivity index (χ0v) is 25.5. The van der Waals surface area contributed by atoms with E-state index in [1.165, 1.54) is 26.5 Å². The van der Waals surface area contributed by atoms with Crippen molar-refractivity contribution < 1.29 is 23.5 Å². The topological polar surface area (TPSA) is 102 Å². The van der Waals surface area contributed by atoms with Crippen molar-refractivity contribution in [3.05, 3.63) is 150 Å². The zero-order valence-electron chi connectivity index (χ0n) is 23.9. The van der Waals surface area contributed by atoms with Crippen LogP contribution in [0.4, 0.5) is 0 Å². The second-order valence-corrected chi connectivity index (χ2v) is 12.3. The lowest BCUT2D eigenvalue weighted by Crippen LogP contribution is -2.69. The molecule has 2 atom stereocenters. The number of rotatable bonds is 11. The van der Waals surface area contributed by atoms with Gasteiger partial charge >= 0.3 is 5.97 Å². The van der Waals surface area contributed by atoms with Crippen LogP contribution in [0.15, 0.2) is 143 Å². The summed E-state index contributed by atoms with van der Waals surface area (Å²) < 4.78 is 11.9. The van der Waals surface area contributed by atoms with Crippen molar-refractivity contribution in [2.24, 2.45) is 0 Å². The van der Waals surface area contributed by atoms with Crippen molar-refractivity contribution >= 4 is 50.5 Å². The van der Waals surface area contributed by atoms with Crippen LogP contribution in [-0.4, -0.2) is 39.1 Å². The maximum absolute atomic E-state index is 13.7. The summed E-state index contributed by atoms with van der Waals surface area (Å²) in [5.41, 5.74) is 6.13. The van der Waals surface area contributed by atoms with Crippen molar-refractivity contribution in [3.8, 4) is 0 Å². The fourth-order valence-corrected chi connectivity index (χ4v) is 7.30. The van der Waals surface area contributed by atoms with Crippen molar-refractivity contribution in [2.45, 2.75) is 29.2 Å². The Balaban J connectivity index is 1.24. The lowest BCUT2D eigenvalue weighted by molar-refractivity contribution is -0.154. The molecule has 1 aliphatic heterocycles. The van der Waals surface area contributed by atoms with Gasteiger partial charge in [-0.15, -0.1) is 0 Å². The molecule has 1 saturated heterocycles. The van der Waals surface area contributed by atoms with Crippen LogP contribution in [0.5, 0.6) is 0 Å². The molecule has 0 unspecified atom stereocenters. The van der Waals surface area contributed by atoms with Gasteiger partial charge in [-0.25, -0.2) is 9.78 Å². The number of nitrogens with zero attached hydrogens (tertiary/aromatic N) is 2. The average Bonchev–Trinajstić information content (AvgIpc) is 3.50. The normalized spacial score (nSPS) is 15.8. The van der Waals surface area contributed by atoms with Gasteiger partial charge in [0.15, 0.2) is 17.4 Å². The molecule has 4 aromatic carbocycles. The van der Waals surface area contributed by atoms with E-state index in [4.69, 9.17) is 9.15 Å². The number of ether oxygens (including phenoxy) is 1. The van der Waals surface area contributed by atoms with Crippen LogP contribution in [0.3, 0.4) is 0 Å². The molecular weight excluding hydrogens is 607 g/mol. The van der Waals surface area contributed by atoms with Gasteiger partial charge in [0.25, 0.3) is 11.1 Å². The third-order valence-corrected chi connectivity index (χ3v) is 9.49. The van der Waals surface area contributed by atoms with Crippen LogP contribution >= 0.6 is 21.6 Å². The molecule has 0 saturated carbocycles. The predicted molar refractivity (Wildman–Crippen MR) is 174 cm³/mol. The average molecular weight is 634 g/mol. The van der Waals surface area contributed by atoms with Gasteiger partial charge < -0.3 is 14.5 Å². The molecule has 45 heavy (non-hydrogen) atoms. The molecule has 5 aromatic rings. The van der Waals surface area contributed by atoms with E-state index in [9.17, 15) is 14.4 Å². The van der Waals surface area contributed by atoms with Gasteiger partial charge in [0.1, 0.15) is 16.9 Å². The van der Waals surface area contributed by atoms with Crippen LogP contribution in [0.2, 0.25) is 0 Å². The molecule has 2 heterocycles. The third kappa shape index (κ3) is 6.73. The number of esters is 1. The summed E-state index contributed by atoms with van der Waals surface area (Å²) in [6.07, 6.45) is -0.635. The zero-order chi connectivity index (χ0) is 31.2. The number of amides is 2. The summed E-state index contributed by atoms with van der Waals surface area (Å²) in [5.74, 6) is -1.58. The molecular formula is C35H27N3O5S2. The Hall–Kier alpha value is -5.02. The molecule has 10 heteroatoms. The van der Waals surface area contributed by atoms with E-state index in [0.717, 1.165) is 16.7 Å². The Morgan fingerprint density at radius 3 is 2.13 bits per heavy atom. The molecule has 0 aliphatic carbocycles. The molecule has 0 spiro atoms. The summed E-state index contributed by atoms with van der Waals surface area (Å²) in [7, 11) is 2.42. The number of likely N-dealkylation sites (tertiary alicyclic amines) is 1. The predicted octanol–water partition coefficient (Wildman–Crippen LogP) is 6.47. The Bertz CT molecular complexity index is 1800. The number of benzene rings is 4. The lowest BCUT2D eigenvalue weighted by Gasteiger charge is -2.45. The van der Waals surface area contributed by atoms with E-state index in [1.54, 1.807) is 0 Å². The molecule has 6 rings (SSSR count). The number of hydrogen-bond donors (Lipinski definition) is 1. The molecule has 224 valence electrons. The Morgan fingerprint density at radius 1 is 0.911 bits per heavy atom. The van der Waals surface area contributed by atoms with Crippen LogP contribution in [-0.2, 0) is 25.5 Å². The van der Waals surface area contributed by atoms with Crippen LogP contribution < -0.4 is 5.32 Å². The lowest BCUT2D eigenvalue weighted by atomic mass is 10.0. The monoisotopic (exact) mass is 633 g/mol. The quantitative estimate of drug-likeness (QED) is 0.0581. The van der Waals surface area contributed by atoms with Gasteiger partial charge in [-0.3, -0.25) is 14.5 Å². The largest absolute Gasteiger partial charge is 0.447 e. The van der Waals surface area contributed by atoms with Gasteiger partial charge in [0.2, 0.25) is 5.91 Å². The summed E-state index contributed by atoms with van der Waals surface area (Å²) in [6.45, 7) is 3.70. The van der Waals surface area contributed by atoms with Gasteiger partial charge in [0.05, 0.1) is 6.42 Å². The smallest absolute Gasteiger partial charge is 0.364 e. The summed E-state index contributed by atoms with van der Waals surface area (Å²) in [5, 5.41) is 2.50. The number of hydrogen-bond acceptors (Lipinski definition) is 8. The minimum Gasteiger partial charge on any atom is -0.447 e. The van der Waals surface area contributed by atoms with E-state index in [0.29, 0.717) is 16.3 Å². The highest BCUT2D eigenvalue weighted by Gasteiger charge is 2.52. The fourth-order valence-electron chi connectivity index (χ4n) is 4.92. The molecule has 1 N–H and O–H groups in total. The summed E-state index contributed by atoms with van der Waals surface area (Å²) in [4.78, 5) is 46.1. The van der Waals surface area contributed by atoms with E-state index >= 15 is 0 Å². The number of nitrogens with one attached hydrogen (secondary N) is 1. The van der Waals surface area contributed by atoms with E-state index < -0.39 is 29.4 Å². The van der Waals surface area contributed by atoms with Crippen molar-refractivity contribution in [2.75, 3.05) is 0 Å². The number of carbonyl (C=O) groups excluding carboxylic acids is 3. The molecule has 2 amide bonds. The maximum atomic E-state index is 13.7. The number of para-hydroxylation sites is 2. The first-order chi connectivity index (χ1) is 22.0. The van der Waals surface area contributed by atoms with Gasteiger partial charge in [-0.2, -0.15) is 0 Å². The number of fused-ring (bicyclic) bond motifs is 1. The standard InChI is InChI=1S/C35H27N3O5S2/c1-2-27(34(41)43-31(24-16-8-4-9-17-24)25-18-10-5-11-19-25)38-32(40)30(37-29(39)22-23-14-6-3-7-15-23)33(38)44-45-35-36-26-20-12-13-21-28(26)42-35/h3-21,30-31,33H,1,22H2,(H,37,39)/t30-,33-/m1/s1. The fraction of sp³-hybridized carbons (Fsp3) is 0.114. The Kier molecular flexibility index (Phi) is 9.17. The SMILES string of the molecule is C=C=C(C(=O)OC(c1ccccc1)c1ccccc1)N1C(=O)[C@@H](NC(=O)Cc2ccccc2)[C@H]1SSc1nc2ccccc2o1. The molecule has 1 aliphatic rings. The summed E-state index contributed by atoms with van der Waals surface area (Å²) >= 11 is 0. The second-order valence-electron chi connectivity index (χ2n) is 10.1. The molecule has 1 fully saturated rings. The van der Waals surface area contributed by atoms with E-state index in [2.05, 4.69) is 22.6 Å². The highest BCUT2D eigenvalue weighted by molar-refractivity contribution is 8.76. The van der Waals surface area contributed by atoms with Crippen LogP contribution in [0, 0.1) is 0 Å². The van der Waals surface area contributed by atoms with Gasteiger partial charge in [-0.1, -0.05) is 126 Å². The van der Waals surface area contributed by atoms with Crippen molar-refractivity contribution in [1.82, 2.24) is 15.2 Å². The number of aromatic nitrogens is 1. The number of β-lactam (4-membered cyclic amide) rings is 1. The number of carbonyl (C=O) groups is 3. The highest BCUT2D eigenvalue weighted by atomic mass is 33.1. The van der Waals surface area contributed by atoms with Crippen molar-refractivity contribution in [3.63, 3.8) is 0 Å². The first-order valence-electron chi connectivity index (χ1n) is 14.1. The first kappa shape index (κ1) is 30.0. The second kappa shape index (κ2) is 13.7. The number of oxazole rings is 1. The van der Waals surface area contributed by atoms with E-state index in [1.807, 2.05) is 115 Å². The Morgan fingerprint density at radius 2 is 1.51 bits per heavy atom. The minimum atomic E-state index is -0.918. The molecule has 0 radical (unpaired) electrons.